The van der Waals surface area contributed by atoms with E-state index in [2.05, 4.69) is 25.7 Å². The van der Waals surface area contributed by atoms with Crippen LogP contribution in [0.1, 0.15) is 47.1 Å². The summed E-state index contributed by atoms with van der Waals surface area (Å²) in [6, 6.07) is 36.4. The first-order valence-corrected chi connectivity index (χ1v) is 37.4. The molecule has 13 unspecified atom stereocenters. The van der Waals surface area contributed by atoms with E-state index in [0.29, 0.717) is 54.6 Å². The molecule has 5 aromatic rings. The Bertz CT molecular complexity index is 3400. The van der Waals surface area contributed by atoms with Crippen molar-refractivity contribution in [2.24, 2.45) is 20.4 Å². The number of hydrogen-bond donors (Lipinski definition) is 9. The van der Waals surface area contributed by atoms with Gasteiger partial charge in [-0.3, -0.25) is 4.79 Å². The number of hydrogen-bond acceptors (Lipinski definition) is 26. The van der Waals surface area contributed by atoms with Crippen molar-refractivity contribution < 1.29 is 82.3 Å². The van der Waals surface area contributed by atoms with E-state index in [4.69, 9.17) is 94.6 Å². The summed E-state index contributed by atoms with van der Waals surface area (Å²) in [6.45, 7) is -0.970. The van der Waals surface area contributed by atoms with Gasteiger partial charge >= 0.3 is 0 Å². The van der Waals surface area contributed by atoms with Gasteiger partial charge in [0.25, 0.3) is 5.17 Å². The molecule has 2 aliphatic rings. The van der Waals surface area contributed by atoms with Crippen molar-refractivity contribution in [3.05, 3.63) is 149 Å². The van der Waals surface area contributed by atoms with Crippen molar-refractivity contribution in [1.29, 1.82) is 5.16 Å². The third-order valence-electron chi connectivity index (χ3n) is 13.8. The lowest BCUT2D eigenvalue weighted by Gasteiger charge is -2.45. The zero-order chi connectivity index (χ0) is 67.0. The molecule has 502 valence electrons. The normalized spacial score (nSPS) is 22.5. The molecule has 27 nitrogen and oxygen atoms in total. The molecular formula is C58H74N10O17P4S4. The van der Waals surface area contributed by atoms with Crippen LogP contribution in [-0.2, 0) is 65.6 Å². The second-order valence-corrected chi connectivity index (χ2v) is 28.6. The minimum absolute atomic E-state index is 0.0166. The van der Waals surface area contributed by atoms with Crippen LogP contribution in [0.25, 0.3) is 0 Å². The van der Waals surface area contributed by atoms with Gasteiger partial charge in [0.15, 0.2) is 12.6 Å². The Morgan fingerprint density at radius 2 is 1.00 bits per heavy atom. The summed E-state index contributed by atoms with van der Waals surface area (Å²) in [6.07, 6.45) is -7.31. The highest BCUT2D eigenvalue weighted by molar-refractivity contribution is 8.02. The number of aliphatic hydroxyl groups is 7. The van der Waals surface area contributed by atoms with Gasteiger partial charge < -0.3 is 82.8 Å². The van der Waals surface area contributed by atoms with E-state index in [-0.39, 0.29) is 32.7 Å². The molecule has 93 heavy (non-hydrogen) atoms. The van der Waals surface area contributed by atoms with Crippen molar-refractivity contribution >= 4 is 113 Å². The van der Waals surface area contributed by atoms with Gasteiger partial charge in [-0.15, -0.1) is 0 Å². The van der Waals surface area contributed by atoms with E-state index >= 15 is 0 Å². The maximum Gasteiger partial charge on any atom is 0.285 e. The molecule has 7 rings (SSSR count). The molecule has 0 spiro atoms. The maximum atomic E-state index is 12.6. The van der Waals surface area contributed by atoms with Gasteiger partial charge in [0.1, 0.15) is 77.6 Å². The number of rotatable bonds is 33. The number of carbonyl (C=O) groups is 1. The highest BCUT2D eigenvalue weighted by Gasteiger charge is 2.51. The largest absolute Gasteiger partial charge is 0.450 e. The van der Waals surface area contributed by atoms with E-state index in [1.807, 2.05) is 72.8 Å². The highest BCUT2D eigenvalue weighted by atomic mass is 32.4. The number of unbranched alkanes of at least 4 members (excludes halogenated alkanes) is 1. The Hall–Kier alpha value is -5.85. The number of carbonyl (C=O) groups excluding carboxylic acids is 1. The number of benzene rings is 5. The van der Waals surface area contributed by atoms with Gasteiger partial charge in [0.05, 0.1) is 38.1 Å². The fourth-order valence-electron chi connectivity index (χ4n) is 8.42. The molecule has 0 aliphatic carbocycles. The van der Waals surface area contributed by atoms with Crippen molar-refractivity contribution in [2.45, 2.75) is 87.1 Å². The fraction of sp³-hybridized carbons (Fsp3) is 0.379. The number of nitrogens with one attached hydrogen (secondary N) is 2. The molecule has 2 saturated heterocycles. The summed E-state index contributed by atoms with van der Waals surface area (Å²) in [7, 11) is 1.20. The third-order valence-corrected chi connectivity index (χ3v) is 20.7. The van der Waals surface area contributed by atoms with Crippen LogP contribution in [0.3, 0.4) is 0 Å². The number of nitrogens with zero attached hydrogens (tertiary/aromatic N) is 8. The van der Waals surface area contributed by atoms with Crippen LogP contribution in [0.2, 0.25) is 0 Å². The lowest BCUT2D eigenvalue weighted by molar-refractivity contribution is -0.367. The van der Waals surface area contributed by atoms with Crippen LogP contribution < -0.4 is 28.1 Å². The van der Waals surface area contributed by atoms with Crippen molar-refractivity contribution in [2.75, 3.05) is 54.6 Å². The van der Waals surface area contributed by atoms with Crippen LogP contribution in [-0.4, -0.2) is 207 Å². The smallest absolute Gasteiger partial charge is 0.285 e. The summed E-state index contributed by atoms with van der Waals surface area (Å²) < 4.78 is 56.4. The van der Waals surface area contributed by atoms with Crippen molar-refractivity contribution in [1.82, 2.24) is 24.7 Å². The minimum atomic E-state index is -1.98. The molecule has 2 fully saturated rings. The molecule has 2 heterocycles. The van der Waals surface area contributed by atoms with Crippen molar-refractivity contribution in [3.8, 4) is 28.7 Å². The van der Waals surface area contributed by atoms with E-state index in [1.54, 1.807) is 116 Å². The Labute approximate surface area is 562 Å². The standard InChI is InChI=1S/C58H74N10O17P4S4/c1-65(61-31-38-14-24-45(25-15-38)84-89(93)67(3)63-33-40-12-20-43(21-13-40)82-86-59)58(90)78-42-18-10-39(11-19-42)32-62-66(2)88(92)85-46-26-16-41(17-27-46)34-64-68(4)87(91)83-44-22-8-37(9-23-44)28-29-60-49(71)7-5-6-30-77-57-55(53(75)51(73)48(36-70)80-57)81-56-54(76)52(74)50(72)47(35-69)79-56/h8-27,31-34,47-48,50-57,59,69-70,72-76,87-89H,5-7,28-30,35-36H2,1-4H3,(H,60,71)/b61-31+,62-32+,63-33+,64-34+. The van der Waals surface area contributed by atoms with Gasteiger partial charge in [-0.1, -0.05) is 12.1 Å². The average Bonchev–Trinajstić information content (AvgIpc) is 0.823. The van der Waals surface area contributed by atoms with E-state index in [0.717, 1.165) is 27.8 Å². The molecule has 5 aromatic carbocycles. The van der Waals surface area contributed by atoms with Crippen LogP contribution in [0.4, 0.5) is 0 Å². The molecule has 0 saturated carbocycles. The molecule has 35 heteroatoms. The molecule has 2 aliphatic heterocycles. The van der Waals surface area contributed by atoms with Crippen LogP contribution in [0.5, 0.6) is 28.7 Å². The lowest BCUT2D eigenvalue weighted by atomic mass is 9.97. The fourth-order valence-corrected chi connectivity index (χ4v) is 11.9. The first-order valence-electron chi connectivity index (χ1n) is 28.7. The predicted molar refractivity (Wildman–Crippen MR) is 369 cm³/mol. The van der Waals surface area contributed by atoms with E-state index in [1.165, 1.54) is 5.01 Å². The maximum absolute atomic E-state index is 12.6. The zero-order valence-corrected chi connectivity index (χ0v) is 57.8. The predicted octanol–water partition coefficient (Wildman–Crippen LogP) is 5.34. The molecule has 0 radical (unpaired) electrons. The minimum Gasteiger partial charge on any atom is -0.450 e. The topological polar surface area (TPSA) is 340 Å². The first-order chi connectivity index (χ1) is 44.7. The van der Waals surface area contributed by atoms with Gasteiger partial charge in [-0.2, -0.15) is 20.4 Å². The number of ether oxygens (including phenoxy) is 5. The molecule has 1 amide bonds. The van der Waals surface area contributed by atoms with E-state index in [9.17, 15) is 40.5 Å². The highest BCUT2D eigenvalue weighted by Crippen LogP contribution is 2.35. The van der Waals surface area contributed by atoms with Gasteiger partial charge in [0, 0.05) is 47.8 Å². The first kappa shape index (κ1) is 74.5. The Morgan fingerprint density at radius 3 is 1.46 bits per heavy atom. The molecule has 9 N–H and O–H groups in total. The number of hydrazone groups is 4. The SMILES string of the molecule is CN(/N=C/c1ccc(O[PH](=S)N(C)/N=C/c2ccc(OP=N)cc2)cc1)C(=S)Oc1ccc(/C=N/N(C)[PH](=S)Oc2ccc(/C=N/N(C)[PH](=S)Oc3ccc(CCNC(=O)CCCCOC4OC(CO)C(O)C(O)C4OC4OC(CO)C(O)C(O)C4O)cc3)cc2)cc1. The van der Waals surface area contributed by atoms with Crippen LogP contribution in [0.15, 0.2) is 142 Å². The third kappa shape index (κ3) is 23.5. The summed E-state index contributed by atoms with van der Waals surface area (Å²) in [4.78, 5) is 12.6. The Kier molecular flexibility index (Phi) is 30.5. The van der Waals surface area contributed by atoms with Gasteiger partial charge in [-0.25, -0.2) is 24.5 Å². The molecule has 13 atom stereocenters. The van der Waals surface area contributed by atoms with Gasteiger partial charge in [-0.05, 0) is 204 Å². The number of aliphatic hydroxyl groups excluding tert-OH is 7. The van der Waals surface area contributed by atoms with Crippen LogP contribution >= 0.6 is 42.0 Å². The van der Waals surface area contributed by atoms with Crippen molar-refractivity contribution in [3.63, 3.8) is 0 Å². The second kappa shape index (κ2) is 38.0. The monoisotopic (exact) mass is 1430 g/mol. The Balaban J connectivity index is 0.748. The zero-order valence-electron chi connectivity index (χ0n) is 50.7. The molecular weight excluding hydrogens is 1360 g/mol. The van der Waals surface area contributed by atoms with Gasteiger partial charge in [0.2, 0.25) is 35.7 Å². The van der Waals surface area contributed by atoms with E-state index < -0.39 is 95.8 Å². The quantitative estimate of drug-likeness (QED) is 0.00841. The average molecular weight is 1440 g/mol. The number of thiocarbonyl (C=S) groups is 1. The van der Waals surface area contributed by atoms with Crippen LogP contribution in [0, 0.1) is 5.16 Å². The lowest BCUT2D eigenvalue weighted by Crippen LogP contribution is -2.64. The molecule has 0 bridgehead atoms. The summed E-state index contributed by atoms with van der Waals surface area (Å²) >= 11 is 22.4. The summed E-state index contributed by atoms with van der Waals surface area (Å²) in [5.41, 5.74) is 4.21. The second-order valence-electron chi connectivity index (χ2n) is 20.6. The Morgan fingerprint density at radius 1 is 0.581 bits per heavy atom. The number of amides is 1. The molecule has 0 aromatic heterocycles. The summed E-state index contributed by atoms with van der Waals surface area (Å²) in [5.74, 6) is 2.69. The summed E-state index contributed by atoms with van der Waals surface area (Å²) in [5, 5.41) is 101.